The zero-order valence-electron chi connectivity index (χ0n) is 9.06. The molecule has 1 fully saturated rings. The summed E-state index contributed by atoms with van der Waals surface area (Å²) in [4.78, 5) is 13.9. The van der Waals surface area contributed by atoms with Gasteiger partial charge in [0.05, 0.1) is 4.91 Å². The molecule has 1 amide bonds. The van der Waals surface area contributed by atoms with Crippen LogP contribution in [-0.4, -0.2) is 22.2 Å². The van der Waals surface area contributed by atoms with Crippen molar-refractivity contribution in [2.75, 3.05) is 7.05 Å². The fourth-order valence-corrected chi connectivity index (χ4v) is 2.64. The van der Waals surface area contributed by atoms with Crippen LogP contribution in [0.25, 0.3) is 6.08 Å². The van der Waals surface area contributed by atoms with Gasteiger partial charge in [0.2, 0.25) is 0 Å². The van der Waals surface area contributed by atoms with Crippen molar-refractivity contribution in [2.45, 2.75) is 6.92 Å². The molecule has 1 aromatic carbocycles. The smallest absolute Gasteiger partial charge is 0.265 e. The summed E-state index contributed by atoms with van der Waals surface area (Å²) in [5, 5.41) is 0. The topological polar surface area (TPSA) is 20.3 Å². The van der Waals surface area contributed by atoms with Crippen LogP contribution in [0.3, 0.4) is 0 Å². The maximum Gasteiger partial charge on any atom is 0.265 e. The highest BCUT2D eigenvalue weighted by Crippen LogP contribution is 2.31. The van der Waals surface area contributed by atoms with Crippen LogP contribution in [0, 0.1) is 6.92 Å². The average molecular weight is 249 g/mol. The van der Waals surface area contributed by atoms with E-state index in [2.05, 4.69) is 0 Å². The van der Waals surface area contributed by atoms with Gasteiger partial charge >= 0.3 is 0 Å². The van der Waals surface area contributed by atoms with Crippen LogP contribution in [-0.2, 0) is 4.79 Å². The molecule has 1 aromatic rings. The Morgan fingerprint density at radius 3 is 2.75 bits per heavy atom. The molecule has 2 nitrogen and oxygen atoms in total. The van der Waals surface area contributed by atoms with Gasteiger partial charge in [-0.05, 0) is 18.6 Å². The highest BCUT2D eigenvalue weighted by molar-refractivity contribution is 8.26. The largest absolute Gasteiger partial charge is 0.296 e. The van der Waals surface area contributed by atoms with E-state index < -0.39 is 0 Å². The molecule has 0 spiro atoms. The van der Waals surface area contributed by atoms with Crippen LogP contribution in [0.4, 0.5) is 0 Å². The highest BCUT2D eigenvalue weighted by atomic mass is 32.2. The predicted octanol–water partition coefficient (Wildman–Crippen LogP) is 2.83. The molecule has 0 unspecified atom stereocenters. The first-order valence-corrected chi connectivity index (χ1v) is 6.08. The number of amides is 1. The van der Waals surface area contributed by atoms with Gasteiger partial charge in [-0.3, -0.25) is 9.69 Å². The molecule has 4 heteroatoms. The van der Waals surface area contributed by atoms with Gasteiger partial charge in [-0.15, -0.1) is 0 Å². The zero-order valence-corrected chi connectivity index (χ0v) is 10.7. The fourth-order valence-electron chi connectivity index (χ4n) is 1.46. The first-order valence-electron chi connectivity index (χ1n) is 4.86. The van der Waals surface area contributed by atoms with Crippen LogP contribution in [0.1, 0.15) is 11.1 Å². The first-order chi connectivity index (χ1) is 7.58. The van der Waals surface area contributed by atoms with Crippen molar-refractivity contribution in [3.63, 3.8) is 0 Å². The molecule has 82 valence electrons. The third-order valence-electron chi connectivity index (χ3n) is 2.33. The summed E-state index contributed by atoms with van der Waals surface area (Å²) in [6.45, 7) is 2.03. The summed E-state index contributed by atoms with van der Waals surface area (Å²) in [7, 11) is 1.70. The average Bonchev–Trinajstić information content (AvgIpc) is 2.47. The molecule has 0 saturated carbocycles. The van der Waals surface area contributed by atoms with Gasteiger partial charge in [0.15, 0.2) is 0 Å². The molecule has 1 saturated heterocycles. The molecule has 0 aliphatic carbocycles. The molecule has 0 N–H and O–H groups in total. The Morgan fingerprint density at radius 2 is 2.19 bits per heavy atom. The molecule has 1 aliphatic heterocycles. The molecule has 0 radical (unpaired) electrons. The Bertz CT molecular complexity index is 494. The van der Waals surface area contributed by atoms with E-state index >= 15 is 0 Å². The number of likely N-dealkylation sites (N-methyl/N-ethyl adjacent to an activating group) is 1. The molecular formula is C12H11NOS2. The van der Waals surface area contributed by atoms with E-state index in [9.17, 15) is 4.79 Å². The van der Waals surface area contributed by atoms with E-state index in [1.54, 1.807) is 7.05 Å². The summed E-state index contributed by atoms with van der Waals surface area (Å²) in [6, 6.07) is 8.04. The number of thioether (sulfide) groups is 1. The summed E-state index contributed by atoms with van der Waals surface area (Å²) in [5.74, 6) is -0.0171. The SMILES string of the molecule is Cc1cccc(/C=C2/SC(=S)N(C)C2=O)c1. The molecular weight excluding hydrogens is 238 g/mol. The van der Waals surface area contributed by atoms with Gasteiger partial charge in [-0.2, -0.15) is 0 Å². The zero-order chi connectivity index (χ0) is 11.7. The number of rotatable bonds is 1. The number of aryl methyl sites for hydroxylation is 1. The summed E-state index contributed by atoms with van der Waals surface area (Å²) >= 11 is 6.42. The first kappa shape index (κ1) is 11.4. The number of nitrogens with zero attached hydrogens (tertiary/aromatic N) is 1. The van der Waals surface area contributed by atoms with E-state index in [4.69, 9.17) is 12.2 Å². The molecule has 2 rings (SSSR count). The Hall–Kier alpha value is -1.13. The summed E-state index contributed by atoms with van der Waals surface area (Å²) < 4.78 is 0.615. The third-order valence-corrected chi connectivity index (χ3v) is 3.81. The van der Waals surface area contributed by atoms with Crippen molar-refractivity contribution in [3.8, 4) is 0 Å². The number of carbonyl (C=O) groups excluding carboxylic acids is 1. The Kier molecular flexibility index (Phi) is 3.12. The monoisotopic (exact) mass is 249 g/mol. The van der Waals surface area contributed by atoms with Crippen LogP contribution >= 0.6 is 24.0 Å². The lowest BCUT2D eigenvalue weighted by Crippen LogP contribution is -2.22. The van der Waals surface area contributed by atoms with Crippen molar-refractivity contribution in [3.05, 3.63) is 40.3 Å². The minimum absolute atomic E-state index is 0.0171. The van der Waals surface area contributed by atoms with Gasteiger partial charge < -0.3 is 0 Å². The minimum atomic E-state index is -0.0171. The number of hydrogen-bond acceptors (Lipinski definition) is 3. The normalized spacial score (nSPS) is 18.6. The molecule has 0 aromatic heterocycles. The van der Waals surface area contributed by atoms with Crippen molar-refractivity contribution in [1.82, 2.24) is 4.90 Å². The van der Waals surface area contributed by atoms with E-state index in [0.717, 1.165) is 5.56 Å². The lowest BCUT2D eigenvalue weighted by Gasteiger charge is -2.03. The van der Waals surface area contributed by atoms with Gasteiger partial charge in [0.25, 0.3) is 5.91 Å². The molecule has 16 heavy (non-hydrogen) atoms. The number of hydrogen-bond donors (Lipinski definition) is 0. The van der Waals surface area contributed by atoms with Gasteiger partial charge in [0, 0.05) is 7.05 Å². The van der Waals surface area contributed by atoms with E-state index in [1.807, 2.05) is 37.3 Å². The second-order valence-corrected chi connectivity index (χ2v) is 5.33. The van der Waals surface area contributed by atoms with E-state index in [-0.39, 0.29) is 5.91 Å². The Labute approximate surface area is 104 Å². The molecule has 1 heterocycles. The number of benzene rings is 1. The molecule has 1 aliphatic rings. The standard InChI is InChI=1S/C12H11NOS2/c1-8-4-3-5-9(6-8)7-10-11(14)13(2)12(15)16-10/h3-7H,1-2H3/b10-7+. The van der Waals surface area contributed by atoms with Crippen molar-refractivity contribution in [1.29, 1.82) is 0 Å². The van der Waals surface area contributed by atoms with E-state index in [1.165, 1.54) is 22.2 Å². The van der Waals surface area contributed by atoms with Gasteiger partial charge in [-0.25, -0.2) is 0 Å². The summed E-state index contributed by atoms with van der Waals surface area (Å²) in [6.07, 6.45) is 1.88. The predicted molar refractivity (Wildman–Crippen MR) is 72.1 cm³/mol. The van der Waals surface area contributed by atoms with Crippen molar-refractivity contribution >= 4 is 40.3 Å². The van der Waals surface area contributed by atoms with E-state index in [0.29, 0.717) is 9.23 Å². The van der Waals surface area contributed by atoms with Crippen molar-refractivity contribution in [2.24, 2.45) is 0 Å². The lowest BCUT2D eigenvalue weighted by molar-refractivity contribution is -0.121. The molecule has 0 atom stereocenters. The quantitative estimate of drug-likeness (QED) is 0.564. The van der Waals surface area contributed by atoms with Crippen LogP contribution in [0.2, 0.25) is 0 Å². The second kappa shape index (κ2) is 4.39. The Morgan fingerprint density at radius 1 is 1.44 bits per heavy atom. The summed E-state index contributed by atoms with van der Waals surface area (Å²) in [5.41, 5.74) is 2.22. The lowest BCUT2D eigenvalue weighted by atomic mass is 10.1. The maximum atomic E-state index is 11.8. The minimum Gasteiger partial charge on any atom is -0.296 e. The Balaban J connectivity index is 2.33. The van der Waals surface area contributed by atoms with Crippen LogP contribution < -0.4 is 0 Å². The number of thiocarbonyl (C=S) groups is 1. The number of carbonyl (C=O) groups is 1. The van der Waals surface area contributed by atoms with Crippen molar-refractivity contribution < 1.29 is 4.79 Å². The van der Waals surface area contributed by atoms with Crippen LogP contribution in [0.15, 0.2) is 29.2 Å². The molecule has 0 bridgehead atoms. The fraction of sp³-hybridized carbons (Fsp3) is 0.167. The maximum absolute atomic E-state index is 11.8. The third kappa shape index (κ3) is 2.18. The highest BCUT2D eigenvalue weighted by Gasteiger charge is 2.28. The second-order valence-electron chi connectivity index (χ2n) is 3.65. The van der Waals surface area contributed by atoms with Crippen LogP contribution in [0.5, 0.6) is 0 Å². The van der Waals surface area contributed by atoms with Gasteiger partial charge in [0.1, 0.15) is 4.32 Å². The van der Waals surface area contributed by atoms with Gasteiger partial charge in [-0.1, -0.05) is 53.8 Å².